The molecule has 0 amide bonds. The molecule has 34 heavy (non-hydrogen) atoms. The van der Waals surface area contributed by atoms with Crippen molar-refractivity contribution in [3.05, 3.63) is 41.9 Å². The van der Waals surface area contributed by atoms with Crippen molar-refractivity contribution in [2.45, 2.75) is 37.5 Å². The van der Waals surface area contributed by atoms with Crippen LogP contribution in [0.25, 0.3) is 22.3 Å². The first-order chi connectivity index (χ1) is 16.3. The van der Waals surface area contributed by atoms with Crippen LogP contribution in [-0.4, -0.2) is 57.8 Å². The van der Waals surface area contributed by atoms with Gasteiger partial charge in [0.1, 0.15) is 17.3 Å². The number of halogens is 3. The van der Waals surface area contributed by atoms with Crippen LogP contribution in [0.1, 0.15) is 30.5 Å². The van der Waals surface area contributed by atoms with Crippen molar-refractivity contribution >= 4 is 11.0 Å². The van der Waals surface area contributed by atoms with E-state index in [9.17, 15) is 18.4 Å². The number of hydrogen-bond acceptors (Lipinski definition) is 6. The fourth-order valence-corrected chi connectivity index (χ4v) is 4.93. The number of aromatic nitrogens is 3. The van der Waals surface area contributed by atoms with Crippen LogP contribution in [0.3, 0.4) is 0 Å². The van der Waals surface area contributed by atoms with Gasteiger partial charge in [0.25, 0.3) is 0 Å². The second-order valence-corrected chi connectivity index (χ2v) is 9.00. The van der Waals surface area contributed by atoms with Crippen molar-refractivity contribution in [3.8, 4) is 23.1 Å². The van der Waals surface area contributed by atoms with Crippen LogP contribution in [0, 0.1) is 11.3 Å². The Kier molecular flexibility index (Phi) is 5.91. The topological polar surface area (TPSA) is 79.0 Å². The molecule has 178 valence electrons. The Morgan fingerprint density at radius 1 is 1.21 bits per heavy atom. The molecule has 1 N–H and O–H groups in total. The van der Waals surface area contributed by atoms with Crippen LogP contribution in [0.15, 0.2) is 30.6 Å². The summed E-state index contributed by atoms with van der Waals surface area (Å²) in [5, 5.41) is 13.0. The number of hydrogen-bond donors (Lipinski definition) is 1. The maximum atomic E-state index is 13.9. The normalized spacial score (nSPS) is 20.6. The molecular formula is C24H25F3N6O. The molecule has 2 aromatic heterocycles. The first-order valence-electron chi connectivity index (χ1n) is 11.4. The Hall–Kier alpha value is -3.16. The summed E-state index contributed by atoms with van der Waals surface area (Å²) >= 11 is 0. The summed E-state index contributed by atoms with van der Waals surface area (Å²) in [6.07, 6.45) is -0.00480. The zero-order valence-electron chi connectivity index (χ0n) is 18.8. The monoisotopic (exact) mass is 470 g/mol. The van der Waals surface area contributed by atoms with E-state index in [4.69, 9.17) is 4.74 Å². The SMILES string of the molecule is Cn1cnc2c(C#N)nc(-c3ccc(OCCCN4CC5CC[C@@H](C4)N5)c(C(F)(F)F)c3)cc21. The van der Waals surface area contributed by atoms with Gasteiger partial charge in [-0.1, -0.05) is 0 Å². The van der Waals surface area contributed by atoms with E-state index >= 15 is 0 Å². The van der Waals surface area contributed by atoms with E-state index in [1.54, 1.807) is 30.1 Å². The van der Waals surface area contributed by atoms with Gasteiger partial charge < -0.3 is 19.5 Å². The number of likely N-dealkylation sites (tertiary alicyclic amines) is 1. The maximum Gasteiger partial charge on any atom is 0.419 e. The maximum absolute atomic E-state index is 13.9. The highest BCUT2D eigenvalue weighted by Crippen LogP contribution is 2.39. The smallest absolute Gasteiger partial charge is 0.419 e. The van der Waals surface area contributed by atoms with Gasteiger partial charge in [0.15, 0.2) is 5.69 Å². The minimum absolute atomic E-state index is 0.0725. The van der Waals surface area contributed by atoms with Crippen LogP contribution in [-0.2, 0) is 13.2 Å². The van der Waals surface area contributed by atoms with Crippen LogP contribution < -0.4 is 10.1 Å². The van der Waals surface area contributed by atoms with Crippen molar-refractivity contribution in [1.82, 2.24) is 24.8 Å². The number of alkyl halides is 3. The van der Waals surface area contributed by atoms with Crippen LogP contribution in [0.5, 0.6) is 5.75 Å². The van der Waals surface area contributed by atoms with Gasteiger partial charge in [-0.25, -0.2) is 9.97 Å². The van der Waals surface area contributed by atoms with Crippen molar-refractivity contribution in [3.63, 3.8) is 0 Å². The molecule has 0 aliphatic carbocycles. The lowest BCUT2D eigenvalue weighted by atomic mass is 10.1. The summed E-state index contributed by atoms with van der Waals surface area (Å²) in [4.78, 5) is 10.8. The predicted octanol–water partition coefficient (Wildman–Crippen LogP) is 3.73. The highest BCUT2D eigenvalue weighted by atomic mass is 19.4. The van der Waals surface area contributed by atoms with E-state index in [2.05, 4.69) is 20.2 Å². The minimum Gasteiger partial charge on any atom is -0.493 e. The average molecular weight is 470 g/mol. The Morgan fingerprint density at radius 3 is 2.68 bits per heavy atom. The summed E-state index contributed by atoms with van der Waals surface area (Å²) in [5.41, 5.74) is 0.798. The van der Waals surface area contributed by atoms with E-state index in [0.29, 0.717) is 29.5 Å². The first kappa shape index (κ1) is 22.6. The third-order valence-electron chi connectivity index (χ3n) is 6.57. The quantitative estimate of drug-likeness (QED) is 0.553. The van der Waals surface area contributed by atoms with Crippen molar-refractivity contribution in [2.24, 2.45) is 7.05 Å². The number of aryl methyl sites for hydroxylation is 1. The van der Waals surface area contributed by atoms with E-state index < -0.39 is 11.7 Å². The molecule has 5 rings (SSSR count). The summed E-state index contributed by atoms with van der Waals surface area (Å²) in [5.74, 6) is -0.196. The molecule has 4 heterocycles. The van der Waals surface area contributed by atoms with Crippen LogP contribution in [0.4, 0.5) is 13.2 Å². The molecule has 2 fully saturated rings. The van der Waals surface area contributed by atoms with Gasteiger partial charge in [0, 0.05) is 44.3 Å². The molecular weight excluding hydrogens is 445 g/mol. The van der Waals surface area contributed by atoms with Gasteiger partial charge in [0.05, 0.1) is 29.7 Å². The second-order valence-electron chi connectivity index (χ2n) is 9.00. The van der Waals surface area contributed by atoms with Gasteiger partial charge in [-0.3, -0.25) is 0 Å². The molecule has 3 aromatic rings. The average Bonchev–Trinajstić information content (AvgIpc) is 3.36. The standard InChI is InChI=1S/C24H25F3N6O/c1-32-14-29-23-20(11-28)31-19(10-21(23)32)15-3-6-22(18(9-15)24(25,26)27)34-8-2-7-33-12-16-4-5-17(13-33)30-16/h3,6,9-10,14,16-17,30H,2,4-5,7-8,12-13H2,1H3/t16-,17?/m0/s1. The molecule has 2 bridgehead atoms. The molecule has 1 unspecified atom stereocenters. The number of rotatable bonds is 6. The molecule has 2 saturated heterocycles. The predicted molar refractivity (Wildman–Crippen MR) is 120 cm³/mol. The van der Waals surface area contributed by atoms with Crippen molar-refractivity contribution in [2.75, 3.05) is 26.2 Å². The number of nitrogens with one attached hydrogen (secondary N) is 1. The molecule has 2 aliphatic heterocycles. The summed E-state index contributed by atoms with van der Waals surface area (Å²) in [6, 6.07) is 8.60. The number of ether oxygens (including phenoxy) is 1. The number of benzene rings is 1. The van der Waals surface area contributed by atoms with E-state index in [-0.39, 0.29) is 29.3 Å². The lowest BCUT2D eigenvalue weighted by Crippen LogP contribution is -2.51. The van der Waals surface area contributed by atoms with Gasteiger partial charge in [-0.05, 0) is 43.5 Å². The third-order valence-corrected chi connectivity index (χ3v) is 6.57. The highest BCUT2D eigenvalue weighted by molar-refractivity contribution is 5.84. The summed E-state index contributed by atoms with van der Waals surface area (Å²) < 4.78 is 48.9. The van der Waals surface area contributed by atoms with E-state index in [1.807, 2.05) is 6.07 Å². The van der Waals surface area contributed by atoms with Crippen molar-refractivity contribution < 1.29 is 17.9 Å². The largest absolute Gasteiger partial charge is 0.493 e. The molecule has 1 aromatic carbocycles. The van der Waals surface area contributed by atoms with Gasteiger partial charge in [-0.2, -0.15) is 18.4 Å². The highest BCUT2D eigenvalue weighted by Gasteiger charge is 2.35. The number of pyridine rings is 1. The fraction of sp³-hybridized carbons (Fsp3) is 0.458. The summed E-state index contributed by atoms with van der Waals surface area (Å²) in [6.45, 7) is 2.98. The van der Waals surface area contributed by atoms with Gasteiger partial charge >= 0.3 is 6.18 Å². The molecule has 0 spiro atoms. The first-order valence-corrected chi connectivity index (χ1v) is 11.4. The molecule has 2 atom stereocenters. The Morgan fingerprint density at radius 2 is 1.97 bits per heavy atom. The van der Waals surface area contributed by atoms with E-state index in [1.165, 1.54) is 18.9 Å². The number of fused-ring (bicyclic) bond motifs is 3. The molecule has 0 saturated carbocycles. The molecule has 10 heteroatoms. The van der Waals surface area contributed by atoms with Crippen molar-refractivity contribution in [1.29, 1.82) is 5.26 Å². The van der Waals surface area contributed by atoms with E-state index in [0.717, 1.165) is 25.7 Å². The molecule has 0 radical (unpaired) electrons. The number of nitriles is 1. The zero-order chi connectivity index (χ0) is 23.9. The number of imidazole rings is 1. The molecule has 2 aliphatic rings. The number of piperazine rings is 1. The minimum atomic E-state index is -4.59. The molecule has 7 nitrogen and oxygen atoms in total. The van der Waals surface area contributed by atoms with Crippen LogP contribution in [0.2, 0.25) is 0 Å². The van der Waals surface area contributed by atoms with Gasteiger partial charge in [-0.15, -0.1) is 0 Å². The lowest BCUT2D eigenvalue weighted by Gasteiger charge is -2.32. The second kappa shape index (κ2) is 8.89. The third kappa shape index (κ3) is 4.45. The number of nitrogens with zero attached hydrogens (tertiary/aromatic N) is 5. The summed E-state index contributed by atoms with van der Waals surface area (Å²) in [7, 11) is 1.75. The van der Waals surface area contributed by atoms with Gasteiger partial charge in [0.2, 0.25) is 0 Å². The zero-order valence-corrected chi connectivity index (χ0v) is 18.8. The Bertz CT molecular complexity index is 1240. The Labute approximate surface area is 195 Å². The lowest BCUT2D eigenvalue weighted by molar-refractivity contribution is -0.138. The van der Waals surface area contributed by atoms with Crippen LogP contribution >= 0.6 is 0 Å². The Balaban J connectivity index is 1.33. The fourth-order valence-electron chi connectivity index (χ4n) is 4.93.